The van der Waals surface area contributed by atoms with Crippen LogP contribution in [0, 0.1) is 5.82 Å². The molecule has 3 amide bonds. The summed E-state index contributed by atoms with van der Waals surface area (Å²) in [5, 5.41) is 8.27. The Morgan fingerprint density at radius 3 is 2.32 bits per heavy atom. The number of rotatable bonds is 18. The van der Waals surface area contributed by atoms with E-state index in [0.29, 0.717) is 37.9 Å². The molecule has 3 aromatic rings. The van der Waals surface area contributed by atoms with E-state index in [9.17, 15) is 23.6 Å². The van der Waals surface area contributed by atoms with Crippen LogP contribution in [0.25, 0.3) is 0 Å². The van der Waals surface area contributed by atoms with Gasteiger partial charge in [-0.3, -0.25) is 4.79 Å². The molecule has 0 saturated carbocycles. The van der Waals surface area contributed by atoms with Crippen molar-refractivity contribution in [1.82, 2.24) is 16.0 Å². The number of halogens is 1. The molecule has 2 fully saturated rings. The van der Waals surface area contributed by atoms with E-state index in [-0.39, 0.29) is 70.3 Å². The van der Waals surface area contributed by atoms with Gasteiger partial charge in [0, 0.05) is 38.6 Å². The lowest BCUT2D eigenvalue weighted by atomic mass is 9.90. The summed E-state index contributed by atoms with van der Waals surface area (Å²) in [6.45, 7) is 2.67. The van der Waals surface area contributed by atoms with Gasteiger partial charge in [-0.25, -0.2) is 18.8 Å². The van der Waals surface area contributed by atoms with Gasteiger partial charge in [-0.2, -0.15) is 0 Å². The van der Waals surface area contributed by atoms with Crippen LogP contribution in [0.5, 0.6) is 5.75 Å². The number of para-hydroxylation sites is 1. The van der Waals surface area contributed by atoms with Gasteiger partial charge in [0.05, 0.1) is 25.4 Å². The van der Waals surface area contributed by atoms with Crippen LogP contribution in [0.15, 0.2) is 84.9 Å². The van der Waals surface area contributed by atoms with Crippen molar-refractivity contribution in [3.05, 3.63) is 102 Å². The number of carbonyl (C=O) groups is 4. The van der Waals surface area contributed by atoms with Crippen LogP contribution in [0.4, 0.5) is 14.0 Å². The first-order valence-electron chi connectivity index (χ1n) is 19.3. The smallest absolute Gasteiger partial charge is 0.407 e. The second kappa shape index (κ2) is 21.8. The highest BCUT2D eigenvalue weighted by atomic mass is 19.1. The Morgan fingerprint density at radius 1 is 0.857 bits per heavy atom. The highest BCUT2D eigenvalue weighted by Gasteiger charge is 2.47. The third-order valence-corrected chi connectivity index (χ3v) is 9.45. The highest BCUT2D eigenvalue weighted by Crippen LogP contribution is 2.41. The number of nitrogens with one attached hydrogen (secondary N) is 3. The molecule has 3 aromatic carbocycles. The van der Waals surface area contributed by atoms with Gasteiger partial charge in [0.2, 0.25) is 5.91 Å². The molecule has 56 heavy (non-hydrogen) atoms. The molecule has 0 aliphatic carbocycles. The summed E-state index contributed by atoms with van der Waals surface area (Å²) < 4.78 is 48.5. The van der Waals surface area contributed by atoms with Gasteiger partial charge in [-0.1, -0.05) is 60.7 Å². The van der Waals surface area contributed by atoms with Crippen LogP contribution in [0.1, 0.15) is 63.0 Å². The van der Waals surface area contributed by atoms with Crippen molar-refractivity contribution in [2.45, 2.75) is 94.9 Å². The van der Waals surface area contributed by atoms with E-state index in [1.165, 1.54) is 12.1 Å². The molecule has 5 atom stereocenters. The Kier molecular flexibility index (Phi) is 16.3. The van der Waals surface area contributed by atoms with Crippen LogP contribution in [-0.2, 0) is 46.1 Å². The fourth-order valence-electron chi connectivity index (χ4n) is 6.82. The fourth-order valence-corrected chi connectivity index (χ4v) is 6.82. The first kappa shape index (κ1) is 41.9. The summed E-state index contributed by atoms with van der Waals surface area (Å²) in [5.41, 5.74) is 1.74. The van der Waals surface area contributed by atoms with Gasteiger partial charge in [-0.15, -0.1) is 0 Å². The minimum atomic E-state index is -1.15. The van der Waals surface area contributed by atoms with E-state index >= 15 is 0 Å². The van der Waals surface area contributed by atoms with Crippen LogP contribution in [0.3, 0.4) is 0 Å². The summed E-state index contributed by atoms with van der Waals surface area (Å²) in [6.07, 6.45) is 0.576. The lowest BCUT2D eigenvalue weighted by Gasteiger charge is -2.47. The number of benzene rings is 3. The number of hydrogen-bond donors (Lipinski definition) is 3. The van der Waals surface area contributed by atoms with E-state index in [1.54, 1.807) is 19.1 Å². The Hall–Kier alpha value is -5.21. The minimum Gasteiger partial charge on any atom is -0.492 e. The van der Waals surface area contributed by atoms with Crippen molar-refractivity contribution in [2.75, 3.05) is 32.9 Å². The summed E-state index contributed by atoms with van der Waals surface area (Å²) in [4.78, 5) is 51.4. The zero-order valence-corrected chi connectivity index (χ0v) is 31.8. The average molecular weight is 778 g/mol. The molecule has 13 nitrogen and oxygen atoms in total. The van der Waals surface area contributed by atoms with Gasteiger partial charge in [0.1, 0.15) is 36.9 Å². The molecule has 2 aliphatic heterocycles. The van der Waals surface area contributed by atoms with Crippen LogP contribution < -0.4 is 20.7 Å². The molecule has 5 rings (SSSR count). The molecule has 0 bridgehead atoms. The van der Waals surface area contributed by atoms with E-state index in [0.717, 1.165) is 11.1 Å². The first-order chi connectivity index (χ1) is 27.2. The quantitative estimate of drug-likeness (QED) is 0.0821. The number of hydrogen-bond acceptors (Lipinski definition) is 10. The lowest BCUT2D eigenvalue weighted by molar-refractivity contribution is -0.329. The molecule has 2 heterocycles. The number of amides is 3. The number of carbonyl (C=O) groups excluding carboxylic acids is 4. The van der Waals surface area contributed by atoms with Crippen molar-refractivity contribution < 1.29 is 52.0 Å². The van der Waals surface area contributed by atoms with Gasteiger partial charge < -0.3 is 44.4 Å². The van der Waals surface area contributed by atoms with Crippen molar-refractivity contribution >= 4 is 24.1 Å². The number of ether oxygens (including phenoxy) is 6. The summed E-state index contributed by atoms with van der Waals surface area (Å²) >= 11 is 0. The first-order valence-corrected chi connectivity index (χ1v) is 19.3. The molecule has 2 saturated heterocycles. The summed E-state index contributed by atoms with van der Waals surface area (Å²) in [5.74, 6) is -1.66. The largest absolute Gasteiger partial charge is 0.492 e. The molecule has 4 unspecified atom stereocenters. The molecule has 14 heteroatoms. The lowest BCUT2D eigenvalue weighted by Crippen LogP contribution is -2.54. The van der Waals surface area contributed by atoms with Gasteiger partial charge in [-0.05, 0) is 68.0 Å². The zero-order chi connectivity index (χ0) is 39.6. The Bertz CT molecular complexity index is 1680. The third kappa shape index (κ3) is 14.1. The van der Waals surface area contributed by atoms with E-state index < -0.39 is 48.3 Å². The molecular formula is C42H52FN3O10. The Balaban J connectivity index is 1.16. The number of alkyl carbamates (subject to hydrolysis) is 2. The minimum absolute atomic E-state index is 0.0182. The zero-order valence-electron chi connectivity index (χ0n) is 31.8. The van der Waals surface area contributed by atoms with Gasteiger partial charge in [0.15, 0.2) is 5.79 Å². The van der Waals surface area contributed by atoms with E-state index in [4.69, 9.17) is 28.4 Å². The Labute approximate surface area is 326 Å². The maximum Gasteiger partial charge on any atom is 0.407 e. The number of esters is 1. The van der Waals surface area contributed by atoms with Crippen molar-refractivity contribution in [1.29, 1.82) is 0 Å². The predicted molar refractivity (Wildman–Crippen MR) is 203 cm³/mol. The van der Waals surface area contributed by atoms with Gasteiger partial charge in [0.25, 0.3) is 0 Å². The normalized spacial score (nSPS) is 20.9. The topological polar surface area (TPSA) is 160 Å². The molecule has 0 radical (unpaired) electrons. The second-order valence-electron chi connectivity index (χ2n) is 13.8. The Morgan fingerprint density at radius 2 is 1.57 bits per heavy atom. The monoisotopic (exact) mass is 777 g/mol. The SMILES string of the molecule is CCOC(=O)[C@H](Cc1ccccc1)NC(=O)CCC1CC(OC(=O)NCCc2ccc(F)cc2)CC2(CCCC(COC(=O)NCCOc3ccccc3)O2)O1. The van der Waals surface area contributed by atoms with E-state index in [2.05, 4.69) is 16.0 Å². The van der Waals surface area contributed by atoms with Crippen LogP contribution in [0.2, 0.25) is 0 Å². The molecule has 1 spiro atoms. The molecule has 2 aliphatic rings. The standard InChI is InChI=1S/C42H52FN3O10/c1-2-51-39(48)37(26-31-10-5-3-6-11-31)46-38(47)20-19-34-27-36(54-41(50)44-23-21-30-15-17-32(43)18-16-30)28-42(55-34)22-9-14-35(56-42)29-53-40(49)45-24-25-52-33-12-7-4-8-13-33/h3-8,10-13,15-18,34-37H,2,9,14,19-29H2,1H3,(H,44,50)(H,45,49)(H,46,47)/t34?,35?,36?,37-,42?/m0/s1. The van der Waals surface area contributed by atoms with E-state index in [1.807, 2.05) is 60.7 Å². The summed E-state index contributed by atoms with van der Waals surface area (Å²) in [7, 11) is 0. The molecule has 302 valence electrons. The highest BCUT2D eigenvalue weighted by molar-refractivity contribution is 5.84. The van der Waals surface area contributed by atoms with Crippen LogP contribution in [-0.4, -0.2) is 87.1 Å². The third-order valence-electron chi connectivity index (χ3n) is 9.45. The van der Waals surface area contributed by atoms with Gasteiger partial charge >= 0.3 is 18.2 Å². The second-order valence-corrected chi connectivity index (χ2v) is 13.8. The fraction of sp³-hybridized carbons (Fsp3) is 0.476. The average Bonchev–Trinajstić information content (AvgIpc) is 3.19. The maximum atomic E-state index is 13.3. The molecular weight excluding hydrogens is 725 g/mol. The summed E-state index contributed by atoms with van der Waals surface area (Å²) in [6, 6.07) is 23.8. The molecule has 3 N–H and O–H groups in total. The van der Waals surface area contributed by atoms with Crippen molar-refractivity contribution in [3.63, 3.8) is 0 Å². The molecule has 0 aromatic heterocycles. The maximum absolute atomic E-state index is 13.3. The predicted octanol–water partition coefficient (Wildman–Crippen LogP) is 5.78. The van der Waals surface area contributed by atoms with Crippen molar-refractivity contribution in [2.24, 2.45) is 0 Å². The van der Waals surface area contributed by atoms with Crippen LogP contribution >= 0.6 is 0 Å². The van der Waals surface area contributed by atoms with Crippen molar-refractivity contribution in [3.8, 4) is 5.75 Å².